The summed E-state index contributed by atoms with van der Waals surface area (Å²) in [4.78, 5) is 11.0. The van der Waals surface area contributed by atoms with Crippen LogP contribution in [0.5, 0.6) is 0 Å². The molecule has 1 aliphatic carbocycles. The number of fused-ring (bicyclic) bond motifs is 1. The van der Waals surface area contributed by atoms with Gasteiger partial charge in [0, 0.05) is 42.2 Å². The Labute approximate surface area is 130 Å². The number of hydrogen-bond donors (Lipinski definition) is 3. The lowest BCUT2D eigenvalue weighted by atomic mass is 9.94. The fraction of sp³-hybridized carbons (Fsp3) is 0.500. The van der Waals surface area contributed by atoms with Gasteiger partial charge in [-0.2, -0.15) is 0 Å². The van der Waals surface area contributed by atoms with Crippen LogP contribution in [-0.2, 0) is 6.54 Å². The van der Waals surface area contributed by atoms with E-state index < -0.39 is 0 Å². The number of nitro benzene ring substituents is 1. The maximum atomic E-state index is 11.3. The van der Waals surface area contributed by atoms with E-state index in [9.17, 15) is 10.1 Å². The van der Waals surface area contributed by atoms with Gasteiger partial charge in [0.2, 0.25) is 0 Å². The van der Waals surface area contributed by atoms with E-state index in [2.05, 4.69) is 16.0 Å². The number of nitrogens with zero attached hydrogens (tertiary/aromatic N) is 1. The first-order valence-electron chi connectivity index (χ1n) is 7.89. The lowest BCUT2D eigenvalue weighted by Crippen LogP contribution is -2.31. The average Bonchev–Trinajstić information content (AvgIpc) is 2.54. The highest BCUT2D eigenvalue weighted by atomic mass is 16.6. The molecule has 0 atom stereocenters. The number of nitrogens with one attached hydrogen (secondary N) is 3. The van der Waals surface area contributed by atoms with Crippen LogP contribution in [0.2, 0.25) is 0 Å². The molecule has 22 heavy (non-hydrogen) atoms. The molecule has 6 heteroatoms. The highest BCUT2D eigenvalue weighted by Crippen LogP contribution is 2.37. The Balaban J connectivity index is 1.87. The van der Waals surface area contributed by atoms with Gasteiger partial charge in [-0.05, 0) is 19.8 Å². The van der Waals surface area contributed by atoms with Crippen LogP contribution in [0.3, 0.4) is 0 Å². The number of nitro groups is 1. The first kappa shape index (κ1) is 14.8. The Morgan fingerprint density at radius 3 is 2.73 bits per heavy atom. The number of hydrogen-bond acceptors (Lipinski definition) is 5. The minimum Gasteiger partial charge on any atom is -0.358 e. The van der Waals surface area contributed by atoms with Crippen molar-refractivity contribution in [3.05, 3.63) is 39.7 Å². The fourth-order valence-corrected chi connectivity index (χ4v) is 3.32. The Bertz CT molecular complexity index is 607. The summed E-state index contributed by atoms with van der Waals surface area (Å²) in [5, 5.41) is 21.2. The van der Waals surface area contributed by atoms with Gasteiger partial charge in [0.1, 0.15) is 0 Å². The molecule has 0 spiro atoms. The highest BCUT2D eigenvalue weighted by molar-refractivity contribution is 5.81. The summed E-state index contributed by atoms with van der Waals surface area (Å²) in [6, 6.07) is 2.13. The summed E-state index contributed by atoms with van der Waals surface area (Å²) < 4.78 is 0. The van der Waals surface area contributed by atoms with Crippen molar-refractivity contribution in [2.45, 2.75) is 51.6 Å². The summed E-state index contributed by atoms with van der Waals surface area (Å²) in [5.41, 5.74) is 3.58. The van der Waals surface area contributed by atoms with Gasteiger partial charge in [0.25, 0.3) is 5.69 Å². The standard InChI is InChI=1S/C16H22N4O2/c1-11-13(10-19-12-5-3-2-4-6-12)16-14(17-7-8-18-16)9-15(11)20(21)22/h7-9,12,17-19H,2-6,10H2,1H3. The second kappa shape index (κ2) is 6.36. The summed E-state index contributed by atoms with van der Waals surface area (Å²) in [5.74, 6) is 0. The molecule has 3 N–H and O–H groups in total. The van der Waals surface area contributed by atoms with Crippen molar-refractivity contribution in [2.24, 2.45) is 0 Å². The van der Waals surface area contributed by atoms with E-state index in [1.54, 1.807) is 12.3 Å². The maximum Gasteiger partial charge on any atom is 0.274 e. The number of rotatable bonds is 4. The van der Waals surface area contributed by atoms with E-state index >= 15 is 0 Å². The molecule has 118 valence electrons. The summed E-state index contributed by atoms with van der Waals surface area (Å²) >= 11 is 0. The average molecular weight is 302 g/mol. The van der Waals surface area contributed by atoms with E-state index in [-0.39, 0.29) is 10.6 Å². The summed E-state index contributed by atoms with van der Waals surface area (Å²) in [6.45, 7) is 2.49. The predicted molar refractivity (Wildman–Crippen MR) is 87.9 cm³/mol. The molecule has 2 aliphatic rings. The molecule has 1 saturated carbocycles. The Kier molecular flexibility index (Phi) is 4.29. The lowest BCUT2D eigenvalue weighted by Gasteiger charge is -2.25. The monoisotopic (exact) mass is 302 g/mol. The first-order valence-corrected chi connectivity index (χ1v) is 7.89. The minimum absolute atomic E-state index is 0.170. The molecule has 0 bridgehead atoms. The number of anilines is 2. The molecule has 1 fully saturated rings. The largest absolute Gasteiger partial charge is 0.358 e. The normalized spacial score (nSPS) is 17.5. The van der Waals surface area contributed by atoms with Crippen LogP contribution in [0.4, 0.5) is 17.1 Å². The van der Waals surface area contributed by atoms with Crippen molar-refractivity contribution in [3.8, 4) is 0 Å². The quantitative estimate of drug-likeness (QED) is 0.584. The Morgan fingerprint density at radius 2 is 2.00 bits per heavy atom. The fourth-order valence-electron chi connectivity index (χ4n) is 3.32. The third kappa shape index (κ3) is 2.92. The van der Waals surface area contributed by atoms with E-state index in [0.717, 1.165) is 22.5 Å². The minimum atomic E-state index is -0.306. The van der Waals surface area contributed by atoms with Gasteiger partial charge >= 0.3 is 0 Å². The molecule has 1 aliphatic heterocycles. The summed E-state index contributed by atoms with van der Waals surface area (Å²) in [7, 11) is 0. The van der Waals surface area contributed by atoms with Gasteiger partial charge < -0.3 is 16.0 Å². The van der Waals surface area contributed by atoms with Crippen LogP contribution in [0, 0.1) is 17.0 Å². The SMILES string of the molecule is Cc1c([N+](=O)[O-])cc2c(c1CNC1CCCCC1)NC=CN2. The molecule has 1 heterocycles. The third-order valence-electron chi connectivity index (χ3n) is 4.61. The molecular formula is C16H22N4O2. The number of benzene rings is 1. The lowest BCUT2D eigenvalue weighted by molar-refractivity contribution is -0.385. The van der Waals surface area contributed by atoms with E-state index in [0.29, 0.717) is 12.6 Å². The van der Waals surface area contributed by atoms with Crippen molar-refractivity contribution in [2.75, 3.05) is 10.6 Å². The molecule has 0 aromatic heterocycles. The van der Waals surface area contributed by atoms with Gasteiger partial charge in [0.05, 0.1) is 16.3 Å². The van der Waals surface area contributed by atoms with Gasteiger partial charge in [-0.1, -0.05) is 19.3 Å². The Morgan fingerprint density at radius 1 is 1.27 bits per heavy atom. The third-order valence-corrected chi connectivity index (χ3v) is 4.61. The second-order valence-electron chi connectivity index (χ2n) is 6.02. The van der Waals surface area contributed by atoms with Crippen molar-refractivity contribution >= 4 is 17.1 Å². The van der Waals surface area contributed by atoms with Crippen LogP contribution in [0.15, 0.2) is 18.5 Å². The van der Waals surface area contributed by atoms with Gasteiger partial charge in [-0.15, -0.1) is 0 Å². The molecule has 1 aromatic carbocycles. The molecule has 0 amide bonds. The van der Waals surface area contributed by atoms with Crippen LogP contribution in [-0.4, -0.2) is 11.0 Å². The molecule has 3 rings (SSSR count). The first-order chi connectivity index (χ1) is 10.7. The van der Waals surface area contributed by atoms with Crippen LogP contribution < -0.4 is 16.0 Å². The van der Waals surface area contributed by atoms with Crippen molar-refractivity contribution in [1.82, 2.24) is 5.32 Å². The topological polar surface area (TPSA) is 79.2 Å². The van der Waals surface area contributed by atoms with Crippen LogP contribution >= 0.6 is 0 Å². The van der Waals surface area contributed by atoms with Crippen molar-refractivity contribution in [1.29, 1.82) is 0 Å². The predicted octanol–water partition coefficient (Wildman–Crippen LogP) is 3.63. The summed E-state index contributed by atoms with van der Waals surface area (Å²) in [6.07, 6.45) is 9.82. The second-order valence-corrected chi connectivity index (χ2v) is 6.02. The zero-order chi connectivity index (χ0) is 15.5. The van der Waals surface area contributed by atoms with Crippen LogP contribution in [0.25, 0.3) is 0 Å². The van der Waals surface area contributed by atoms with E-state index in [1.165, 1.54) is 32.1 Å². The van der Waals surface area contributed by atoms with Gasteiger partial charge in [0.15, 0.2) is 0 Å². The molecule has 6 nitrogen and oxygen atoms in total. The molecule has 0 unspecified atom stereocenters. The Hall–Kier alpha value is -2.08. The molecule has 1 aromatic rings. The van der Waals surface area contributed by atoms with E-state index in [4.69, 9.17) is 0 Å². The molecule has 0 radical (unpaired) electrons. The smallest absolute Gasteiger partial charge is 0.274 e. The van der Waals surface area contributed by atoms with Crippen LogP contribution in [0.1, 0.15) is 43.2 Å². The van der Waals surface area contributed by atoms with E-state index in [1.807, 2.05) is 13.1 Å². The zero-order valence-corrected chi connectivity index (χ0v) is 12.8. The molecular weight excluding hydrogens is 280 g/mol. The van der Waals surface area contributed by atoms with Crippen molar-refractivity contribution < 1.29 is 4.92 Å². The molecule has 0 saturated heterocycles. The highest BCUT2D eigenvalue weighted by Gasteiger charge is 2.23. The van der Waals surface area contributed by atoms with Gasteiger partial charge in [-0.25, -0.2) is 0 Å². The van der Waals surface area contributed by atoms with Crippen molar-refractivity contribution in [3.63, 3.8) is 0 Å². The van der Waals surface area contributed by atoms with Gasteiger partial charge in [-0.3, -0.25) is 10.1 Å². The maximum absolute atomic E-state index is 11.3. The zero-order valence-electron chi connectivity index (χ0n) is 12.8.